The van der Waals surface area contributed by atoms with Crippen molar-refractivity contribution < 1.29 is 9.53 Å². The van der Waals surface area contributed by atoms with Gasteiger partial charge >= 0.3 is 6.09 Å². The molecule has 2 aromatic heterocycles. The molecule has 0 unspecified atom stereocenters. The van der Waals surface area contributed by atoms with Crippen LogP contribution in [0.15, 0.2) is 66.7 Å². The fourth-order valence-corrected chi connectivity index (χ4v) is 4.94. The standard InChI is InChI=1S/C31H37N5O2/c1-31(2,3)38-30(37)32-26-11-6-10-25(22-26)27-12-7-13-29-33-28(34-36(27)29)21-24-16-14-23(15-17-24)9-8-20-35-18-4-5-19-35/h6-7,10-17,22H,4-5,8-9,18-21H2,1-3H3,(H,32,37). The summed E-state index contributed by atoms with van der Waals surface area (Å²) in [7, 11) is 0. The summed E-state index contributed by atoms with van der Waals surface area (Å²) in [6, 6.07) is 22.5. The van der Waals surface area contributed by atoms with Gasteiger partial charge in [-0.25, -0.2) is 14.3 Å². The quantitative estimate of drug-likeness (QED) is 0.298. The fourth-order valence-electron chi connectivity index (χ4n) is 4.94. The number of carbonyl (C=O) groups is 1. The van der Waals surface area contributed by atoms with E-state index in [-0.39, 0.29) is 0 Å². The lowest BCUT2D eigenvalue weighted by Gasteiger charge is -2.19. The smallest absolute Gasteiger partial charge is 0.412 e. The number of nitrogens with one attached hydrogen (secondary N) is 1. The molecule has 198 valence electrons. The van der Waals surface area contributed by atoms with E-state index in [9.17, 15) is 4.79 Å². The molecule has 1 saturated heterocycles. The Morgan fingerprint density at radius 2 is 1.71 bits per heavy atom. The average molecular weight is 512 g/mol. The molecule has 1 fully saturated rings. The second-order valence-electron chi connectivity index (χ2n) is 11.1. The number of anilines is 1. The third-order valence-electron chi connectivity index (χ3n) is 6.73. The molecule has 7 heteroatoms. The van der Waals surface area contributed by atoms with Crippen molar-refractivity contribution in [2.75, 3.05) is 25.0 Å². The highest BCUT2D eigenvalue weighted by Crippen LogP contribution is 2.24. The lowest BCUT2D eigenvalue weighted by molar-refractivity contribution is 0.0636. The Balaban J connectivity index is 1.26. The number of nitrogens with zero attached hydrogens (tertiary/aromatic N) is 4. The first-order valence-corrected chi connectivity index (χ1v) is 13.6. The molecule has 38 heavy (non-hydrogen) atoms. The van der Waals surface area contributed by atoms with Crippen LogP contribution in [-0.2, 0) is 17.6 Å². The Morgan fingerprint density at radius 1 is 0.974 bits per heavy atom. The molecule has 1 N–H and O–H groups in total. The van der Waals surface area contributed by atoms with Gasteiger partial charge in [0.25, 0.3) is 0 Å². The van der Waals surface area contributed by atoms with Gasteiger partial charge in [0.15, 0.2) is 11.5 Å². The Morgan fingerprint density at radius 3 is 2.47 bits per heavy atom. The highest BCUT2D eigenvalue weighted by molar-refractivity contribution is 5.86. The molecular weight excluding hydrogens is 474 g/mol. The molecular formula is C31H37N5O2. The normalized spacial score (nSPS) is 14.2. The minimum Gasteiger partial charge on any atom is -0.444 e. The Labute approximate surface area is 224 Å². The number of likely N-dealkylation sites (tertiary alicyclic amines) is 1. The molecule has 1 aliphatic heterocycles. The van der Waals surface area contributed by atoms with E-state index in [1.807, 2.05) is 67.8 Å². The first-order valence-electron chi connectivity index (χ1n) is 13.6. The molecule has 2 aromatic carbocycles. The van der Waals surface area contributed by atoms with Crippen molar-refractivity contribution in [1.29, 1.82) is 0 Å². The summed E-state index contributed by atoms with van der Waals surface area (Å²) in [5.74, 6) is 0.780. The molecule has 3 heterocycles. The number of aromatic nitrogens is 3. The second kappa shape index (κ2) is 11.4. The number of hydrogen-bond acceptors (Lipinski definition) is 5. The lowest BCUT2D eigenvalue weighted by Crippen LogP contribution is -2.27. The van der Waals surface area contributed by atoms with Crippen LogP contribution in [0.25, 0.3) is 16.9 Å². The molecule has 1 aliphatic rings. The SMILES string of the molecule is CC(C)(C)OC(=O)Nc1cccc(-c2cccc3nc(Cc4ccc(CCCN5CCCC5)cc4)nn23)c1. The van der Waals surface area contributed by atoms with Gasteiger partial charge in [0, 0.05) is 17.7 Å². The number of rotatable bonds is 8. The first-order chi connectivity index (χ1) is 18.3. The van der Waals surface area contributed by atoms with Crippen LogP contribution >= 0.6 is 0 Å². The van der Waals surface area contributed by atoms with Crippen LogP contribution in [0.1, 0.15) is 57.0 Å². The van der Waals surface area contributed by atoms with Crippen LogP contribution < -0.4 is 5.32 Å². The molecule has 0 aliphatic carbocycles. The number of ether oxygens (including phenoxy) is 1. The maximum absolute atomic E-state index is 12.2. The van der Waals surface area contributed by atoms with Crippen LogP contribution in [0.4, 0.5) is 10.5 Å². The summed E-state index contributed by atoms with van der Waals surface area (Å²) in [6.07, 6.45) is 5.23. The van der Waals surface area contributed by atoms with Gasteiger partial charge in [-0.05, 0) is 101 Å². The van der Waals surface area contributed by atoms with Gasteiger partial charge in [-0.3, -0.25) is 5.32 Å². The van der Waals surface area contributed by atoms with Crippen LogP contribution in [-0.4, -0.2) is 50.8 Å². The Bertz CT molecular complexity index is 1380. The molecule has 0 saturated carbocycles. The van der Waals surface area contributed by atoms with Gasteiger partial charge in [0.2, 0.25) is 0 Å². The predicted octanol–water partition coefficient (Wildman–Crippen LogP) is 6.36. The van der Waals surface area contributed by atoms with Gasteiger partial charge < -0.3 is 9.64 Å². The summed E-state index contributed by atoms with van der Waals surface area (Å²) < 4.78 is 7.26. The van der Waals surface area contributed by atoms with Crippen LogP contribution in [0.5, 0.6) is 0 Å². The average Bonchev–Trinajstić information content (AvgIpc) is 3.53. The number of aryl methyl sites for hydroxylation is 1. The van der Waals surface area contributed by atoms with Crippen LogP contribution in [0.3, 0.4) is 0 Å². The van der Waals surface area contributed by atoms with E-state index < -0.39 is 11.7 Å². The summed E-state index contributed by atoms with van der Waals surface area (Å²) >= 11 is 0. The zero-order chi connectivity index (χ0) is 26.5. The van der Waals surface area contributed by atoms with Crippen molar-refractivity contribution in [2.45, 2.75) is 58.5 Å². The maximum Gasteiger partial charge on any atom is 0.412 e. The van der Waals surface area contributed by atoms with Crippen molar-refractivity contribution >= 4 is 17.4 Å². The number of pyridine rings is 1. The third-order valence-corrected chi connectivity index (χ3v) is 6.73. The van der Waals surface area contributed by atoms with E-state index in [0.29, 0.717) is 12.1 Å². The second-order valence-corrected chi connectivity index (χ2v) is 11.1. The van der Waals surface area contributed by atoms with E-state index in [1.54, 1.807) is 0 Å². The molecule has 4 aromatic rings. The number of carbonyl (C=O) groups excluding carboxylic acids is 1. The largest absolute Gasteiger partial charge is 0.444 e. The number of hydrogen-bond donors (Lipinski definition) is 1. The van der Waals surface area contributed by atoms with Crippen LogP contribution in [0, 0.1) is 0 Å². The van der Waals surface area contributed by atoms with E-state index in [0.717, 1.165) is 29.1 Å². The highest BCUT2D eigenvalue weighted by Gasteiger charge is 2.17. The van der Waals surface area contributed by atoms with E-state index in [2.05, 4.69) is 34.5 Å². The zero-order valence-corrected chi connectivity index (χ0v) is 22.6. The molecule has 7 nitrogen and oxygen atoms in total. The fraction of sp³-hybridized carbons (Fsp3) is 0.387. The minimum atomic E-state index is -0.557. The van der Waals surface area contributed by atoms with E-state index >= 15 is 0 Å². The highest BCUT2D eigenvalue weighted by atomic mass is 16.6. The lowest BCUT2D eigenvalue weighted by atomic mass is 10.1. The molecule has 0 atom stereocenters. The van der Waals surface area contributed by atoms with E-state index in [4.69, 9.17) is 14.8 Å². The summed E-state index contributed by atoms with van der Waals surface area (Å²) in [6.45, 7) is 9.27. The van der Waals surface area contributed by atoms with Crippen molar-refractivity contribution in [2.24, 2.45) is 0 Å². The summed E-state index contributed by atoms with van der Waals surface area (Å²) in [4.78, 5) is 19.6. The van der Waals surface area contributed by atoms with Gasteiger partial charge in [-0.1, -0.05) is 42.5 Å². The molecule has 0 spiro atoms. The van der Waals surface area contributed by atoms with Crippen LogP contribution in [0.2, 0.25) is 0 Å². The van der Waals surface area contributed by atoms with Gasteiger partial charge in [-0.15, -0.1) is 0 Å². The zero-order valence-electron chi connectivity index (χ0n) is 22.6. The Hall–Kier alpha value is -3.71. The topological polar surface area (TPSA) is 71.8 Å². The van der Waals surface area contributed by atoms with Crippen molar-refractivity contribution in [3.05, 3.63) is 83.7 Å². The molecule has 0 radical (unpaired) electrons. The van der Waals surface area contributed by atoms with Crippen molar-refractivity contribution in [3.8, 4) is 11.3 Å². The number of benzene rings is 2. The first kappa shape index (κ1) is 25.9. The minimum absolute atomic E-state index is 0.478. The summed E-state index contributed by atoms with van der Waals surface area (Å²) in [5, 5.41) is 7.64. The summed E-state index contributed by atoms with van der Waals surface area (Å²) in [5.41, 5.74) is 5.32. The predicted molar refractivity (Wildman–Crippen MR) is 152 cm³/mol. The van der Waals surface area contributed by atoms with Gasteiger partial charge in [0.1, 0.15) is 5.60 Å². The molecule has 1 amide bonds. The van der Waals surface area contributed by atoms with Crippen molar-refractivity contribution in [3.63, 3.8) is 0 Å². The van der Waals surface area contributed by atoms with Gasteiger partial charge in [-0.2, -0.15) is 5.10 Å². The monoisotopic (exact) mass is 511 g/mol. The van der Waals surface area contributed by atoms with Gasteiger partial charge in [0.05, 0.1) is 5.69 Å². The molecule has 0 bridgehead atoms. The number of amides is 1. The number of fused-ring (bicyclic) bond motifs is 1. The van der Waals surface area contributed by atoms with E-state index in [1.165, 1.54) is 50.0 Å². The molecule has 5 rings (SSSR count). The third kappa shape index (κ3) is 6.78. The maximum atomic E-state index is 12.2. The van der Waals surface area contributed by atoms with Crippen molar-refractivity contribution in [1.82, 2.24) is 19.5 Å². The Kier molecular flexibility index (Phi) is 7.74.